The topological polar surface area (TPSA) is 59.0 Å². The van der Waals surface area contributed by atoms with Crippen molar-refractivity contribution in [2.45, 2.75) is 33.1 Å². The molecular formula is C14H25ClN4O. The Morgan fingerprint density at radius 3 is 2.65 bits per heavy atom. The van der Waals surface area contributed by atoms with E-state index in [9.17, 15) is 4.79 Å². The van der Waals surface area contributed by atoms with Gasteiger partial charge in [-0.3, -0.25) is 9.48 Å². The Kier molecular flexibility index (Phi) is 6.49. The molecule has 0 saturated heterocycles. The molecule has 0 spiro atoms. The van der Waals surface area contributed by atoms with Gasteiger partial charge >= 0.3 is 0 Å². The van der Waals surface area contributed by atoms with Gasteiger partial charge < -0.3 is 10.6 Å². The van der Waals surface area contributed by atoms with Gasteiger partial charge in [-0.1, -0.05) is 0 Å². The van der Waals surface area contributed by atoms with Crippen molar-refractivity contribution in [3.05, 3.63) is 17.0 Å². The zero-order valence-electron chi connectivity index (χ0n) is 12.5. The summed E-state index contributed by atoms with van der Waals surface area (Å²) in [6.07, 6.45) is 3.47. The van der Waals surface area contributed by atoms with E-state index in [1.807, 2.05) is 18.7 Å². The van der Waals surface area contributed by atoms with Crippen LogP contribution in [0.25, 0.3) is 0 Å². The molecule has 20 heavy (non-hydrogen) atoms. The number of nitrogens with one attached hydrogen (secondary N) is 2. The molecule has 6 heteroatoms. The fourth-order valence-electron chi connectivity index (χ4n) is 2.28. The first kappa shape index (κ1) is 17.0. The lowest BCUT2D eigenvalue weighted by Crippen LogP contribution is -2.35. The van der Waals surface area contributed by atoms with Gasteiger partial charge in [0.05, 0.1) is 12.2 Å². The van der Waals surface area contributed by atoms with Crippen molar-refractivity contribution >= 4 is 18.3 Å². The summed E-state index contributed by atoms with van der Waals surface area (Å²) in [4.78, 5) is 11.6. The molecule has 1 saturated carbocycles. The minimum atomic E-state index is 0. The third-order valence-corrected chi connectivity index (χ3v) is 3.77. The number of hydrogen-bond donors (Lipinski definition) is 2. The highest BCUT2D eigenvalue weighted by Gasteiger charge is 2.20. The van der Waals surface area contributed by atoms with E-state index in [1.54, 1.807) is 0 Å². The number of amides is 1. The molecular weight excluding hydrogens is 276 g/mol. The number of aryl methyl sites for hydroxylation is 2. The minimum absolute atomic E-state index is 0. The molecule has 1 heterocycles. The predicted molar refractivity (Wildman–Crippen MR) is 82.2 cm³/mol. The van der Waals surface area contributed by atoms with Gasteiger partial charge in [0.15, 0.2) is 0 Å². The van der Waals surface area contributed by atoms with Crippen LogP contribution < -0.4 is 10.6 Å². The Morgan fingerprint density at radius 1 is 1.40 bits per heavy atom. The van der Waals surface area contributed by atoms with Gasteiger partial charge in [-0.15, -0.1) is 12.4 Å². The summed E-state index contributed by atoms with van der Waals surface area (Å²) in [6, 6.07) is 0. The fourth-order valence-corrected chi connectivity index (χ4v) is 2.28. The lowest BCUT2D eigenvalue weighted by molar-refractivity contribution is -0.120. The third kappa shape index (κ3) is 4.80. The fraction of sp³-hybridized carbons (Fsp3) is 0.714. The van der Waals surface area contributed by atoms with Crippen molar-refractivity contribution in [2.24, 2.45) is 13.0 Å². The van der Waals surface area contributed by atoms with Crippen molar-refractivity contribution in [3.63, 3.8) is 0 Å². The number of carbonyl (C=O) groups excluding carboxylic acids is 1. The maximum atomic E-state index is 11.6. The summed E-state index contributed by atoms with van der Waals surface area (Å²) >= 11 is 0. The molecule has 0 bridgehead atoms. The zero-order chi connectivity index (χ0) is 13.8. The molecule has 2 rings (SSSR count). The van der Waals surface area contributed by atoms with Crippen LogP contribution >= 0.6 is 12.4 Å². The van der Waals surface area contributed by atoms with Crippen LogP contribution in [-0.4, -0.2) is 35.3 Å². The van der Waals surface area contributed by atoms with E-state index >= 15 is 0 Å². The Hall–Kier alpha value is -1.07. The minimum Gasteiger partial charge on any atom is -0.355 e. The number of hydrogen-bond acceptors (Lipinski definition) is 3. The lowest BCUT2D eigenvalue weighted by atomic mass is 10.1. The molecule has 5 nitrogen and oxygen atoms in total. The second-order valence-corrected chi connectivity index (χ2v) is 5.45. The van der Waals surface area contributed by atoms with E-state index in [4.69, 9.17) is 0 Å². The van der Waals surface area contributed by atoms with E-state index < -0.39 is 0 Å². The SMILES string of the molecule is Cc1nn(C)c(C)c1CCNC(=O)CNCC1CC1.Cl. The highest BCUT2D eigenvalue weighted by atomic mass is 35.5. The van der Waals surface area contributed by atoms with Crippen LogP contribution in [0.5, 0.6) is 0 Å². The van der Waals surface area contributed by atoms with Gasteiger partial charge in [-0.05, 0) is 51.1 Å². The monoisotopic (exact) mass is 300 g/mol. The molecule has 0 aliphatic heterocycles. The Bertz CT molecular complexity index is 454. The second-order valence-electron chi connectivity index (χ2n) is 5.45. The average molecular weight is 301 g/mol. The molecule has 1 fully saturated rings. The van der Waals surface area contributed by atoms with Crippen molar-refractivity contribution in [3.8, 4) is 0 Å². The van der Waals surface area contributed by atoms with Gasteiger partial charge in [0.2, 0.25) is 5.91 Å². The molecule has 0 unspecified atom stereocenters. The van der Waals surface area contributed by atoms with Crippen LogP contribution in [0.3, 0.4) is 0 Å². The molecule has 1 aromatic rings. The smallest absolute Gasteiger partial charge is 0.233 e. The number of rotatable bonds is 7. The lowest BCUT2D eigenvalue weighted by Gasteiger charge is -2.06. The van der Waals surface area contributed by atoms with Gasteiger partial charge in [0.1, 0.15) is 0 Å². The van der Waals surface area contributed by atoms with E-state index in [1.165, 1.54) is 24.1 Å². The quantitative estimate of drug-likeness (QED) is 0.793. The van der Waals surface area contributed by atoms with Gasteiger partial charge in [0.25, 0.3) is 0 Å². The van der Waals surface area contributed by atoms with E-state index in [2.05, 4.69) is 22.7 Å². The Morgan fingerprint density at radius 2 is 2.10 bits per heavy atom. The Balaban J connectivity index is 0.00000200. The van der Waals surface area contributed by atoms with Crippen molar-refractivity contribution < 1.29 is 4.79 Å². The highest BCUT2D eigenvalue weighted by molar-refractivity contribution is 5.85. The normalized spacial score (nSPS) is 13.9. The van der Waals surface area contributed by atoms with Crippen molar-refractivity contribution in [1.29, 1.82) is 0 Å². The molecule has 0 radical (unpaired) electrons. The largest absolute Gasteiger partial charge is 0.355 e. The maximum absolute atomic E-state index is 11.6. The number of aromatic nitrogens is 2. The molecule has 1 aromatic heterocycles. The van der Waals surface area contributed by atoms with Crippen molar-refractivity contribution in [1.82, 2.24) is 20.4 Å². The summed E-state index contributed by atoms with van der Waals surface area (Å²) in [7, 11) is 1.95. The van der Waals surface area contributed by atoms with E-state index in [-0.39, 0.29) is 18.3 Å². The van der Waals surface area contributed by atoms with E-state index in [0.29, 0.717) is 13.1 Å². The predicted octanol–water partition coefficient (Wildman–Crippen LogP) is 1.12. The first-order valence-corrected chi connectivity index (χ1v) is 7.04. The number of carbonyl (C=O) groups is 1. The van der Waals surface area contributed by atoms with Crippen LogP contribution in [0.1, 0.15) is 29.8 Å². The summed E-state index contributed by atoms with van der Waals surface area (Å²) < 4.78 is 1.89. The summed E-state index contributed by atoms with van der Waals surface area (Å²) in [6.45, 7) is 6.17. The van der Waals surface area contributed by atoms with Crippen LogP contribution in [-0.2, 0) is 18.3 Å². The first-order valence-electron chi connectivity index (χ1n) is 7.04. The van der Waals surface area contributed by atoms with Crippen LogP contribution in [0.15, 0.2) is 0 Å². The van der Waals surface area contributed by atoms with Gasteiger partial charge in [-0.25, -0.2) is 0 Å². The average Bonchev–Trinajstić information content (AvgIpc) is 3.13. The van der Waals surface area contributed by atoms with Crippen LogP contribution in [0.2, 0.25) is 0 Å². The molecule has 0 aromatic carbocycles. The number of halogens is 1. The highest BCUT2D eigenvalue weighted by Crippen LogP contribution is 2.27. The molecule has 1 aliphatic rings. The van der Waals surface area contributed by atoms with Gasteiger partial charge in [0, 0.05) is 19.3 Å². The first-order chi connectivity index (χ1) is 9.08. The number of nitrogens with zero attached hydrogens (tertiary/aromatic N) is 2. The van der Waals surface area contributed by atoms with Crippen LogP contribution in [0, 0.1) is 19.8 Å². The van der Waals surface area contributed by atoms with Crippen molar-refractivity contribution in [2.75, 3.05) is 19.6 Å². The summed E-state index contributed by atoms with van der Waals surface area (Å²) in [5.41, 5.74) is 3.48. The van der Waals surface area contributed by atoms with E-state index in [0.717, 1.165) is 24.6 Å². The maximum Gasteiger partial charge on any atom is 0.233 e. The molecule has 2 N–H and O–H groups in total. The molecule has 1 amide bonds. The van der Waals surface area contributed by atoms with Crippen LogP contribution in [0.4, 0.5) is 0 Å². The second kappa shape index (κ2) is 7.64. The molecule has 0 atom stereocenters. The zero-order valence-corrected chi connectivity index (χ0v) is 13.3. The molecule has 114 valence electrons. The summed E-state index contributed by atoms with van der Waals surface area (Å²) in [5.74, 6) is 0.897. The van der Waals surface area contributed by atoms with Gasteiger partial charge in [-0.2, -0.15) is 5.10 Å². The molecule has 1 aliphatic carbocycles. The summed E-state index contributed by atoms with van der Waals surface area (Å²) in [5, 5.41) is 10.5. The standard InChI is InChI=1S/C14H24N4O.ClH/c1-10-13(11(2)18(3)17-10)6-7-16-14(19)9-15-8-12-4-5-12;/h12,15H,4-9H2,1-3H3,(H,16,19);1H. The Labute approximate surface area is 126 Å². The third-order valence-electron chi connectivity index (χ3n) is 3.77.